The van der Waals surface area contributed by atoms with Gasteiger partial charge in [0.05, 0.1) is 11.8 Å². The number of hydrogen-bond acceptors (Lipinski definition) is 4. The highest BCUT2D eigenvalue weighted by molar-refractivity contribution is 7.98. The Balaban J connectivity index is 2.81. The molecular formula is C11H12ClFN2O3S. The van der Waals surface area contributed by atoms with Gasteiger partial charge in [0.1, 0.15) is 17.0 Å². The normalized spacial score (nSPS) is 11.9. The second-order valence-electron chi connectivity index (χ2n) is 3.64. The molecule has 8 heteroatoms. The molecule has 1 rings (SSSR count). The van der Waals surface area contributed by atoms with Crippen LogP contribution in [-0.4, -0.2) is 40.0 Å². The van der Waals surface area contributed by atoms with Crippen molar-refractivity contribution < 1.29 is 19.1 Å². The summed E-state index contributed by atoms with van der Waals surface area (Å²) in [4.78, 5) is 26.3. The molecule has 0 aliphatic heterocycles. The molecule has 19 heavy (non-hydrogen) atoms. The van der Waals surface area contributed by atoms with E-state index in [1.807, 2.05) is 6.26 Å². The summed E-state index contributed by atoms with van der Waals surface area (Å²) in [6.45, 7) is 0. The number of amides is 1. The number of nitrogens with one attached hydrogen (secondary N) is 1. The van der Waals surface area contributed by atoms with Crippen LogP contribution in [0.5, 0.6) is 0 Å². The molecule has 104 valence electrons. The summed E-state index contributed by atoms with van der Waals surface area (Å²) in [5.41, 5.74) is -0.183. The van der Waals surface area contributed by atoms with Crippen molar-refractivity contribution in [3.05, 3.63) is 28.8 Å². The molecule has 1 amide bonds. The molecule has 0 unspecified atom stereocenters. The molecule has 0 aromatic carbocycles. The van der Waals surface area contributed by atoms with Crippen LogP contribution in [-0.2, 0) is 4.79 Å². The van der Waals surface area contributed by atoms with Crippen LogP contribution in [0.2, 0.25) is 5.15 Å². The second kappa shape index (κ2) is 7.30. The number of rotatable bonds is 6. The van der Waals surface area contributed by atoms with Gasteiger partial charge in [0, 0.05) is 0 Å². The van der Waals surface area contributed by atoms with E-state index in [4.69, 9.17) is 16.7 Å². The van der Waals surface area contributed by atoms with Crippen molar-refractivity contribution in [3.8, 4) is 0 Å². The lowest BCUT2D eigenvalue weighted by Gasteiger charge is -2.14. The average Bonchev–Trinajstić information content (AvgIpc) is 2.36. The molecule has 1 aromatic heterocycles. The summed E-state index contributed by atoms with van der Waals surface area (Å²) in [5.74, 6) is -2.05. The Labute approximate surface area is 118 Å². The third kappa shape index (κ3) is 4.68. The molecule has 0 saturated carbocycles. The van der Waals surface area contributed by atoms with Crippen molar-refractivity contribution in [2.75, 3.05) is 12.0 Å². The lowest BCUT2D eigenvalue weighted by molar-refractivity contribution is -0.139. The van der Waals surface area contributed by atoms with Crippen molar-refractivity contribution in [2.45, 2.75) is 12.5 Å². The van der Waals surface area contributed by atoms with Crippen LogP contribution in [0.25, 0.3) is 0 Å². The first kappa shape index (κ1) is 15.7. The first-order chi connectivity index (χ1) is 8.95. The number of thioether (sulfide) groups is 1. The van der Waals surface area contributed by atoms with Gasteiger partial charge < -0.3 is 10.4 Å². The van der Waals surface area contributed by atoms with Crippen LogP contribution < -0.4 is 5.32 Å². The van der Waals surface area contributed by atoms with Gasteiger partial charge in [-0.1, -0.05) is 11.6 Å². The zero-order valence-electron chi connectivity index (χ0n) is 10.0. The Bertz CT molecular complexity index is 487. The van der Waals surface area contributed by atoms with Crippen molar-refractivity contribution in [1.29, 1.82) is 0 Å². The minimum atomic E-state index is -1.15. The molecule has 0 saturated heterocycles. The predicted octanol–water partition coefficient (Wildman–Crippen LogP) is 1.81. The molecule has 0 aliphatic rings. The van der Waals surface area contributed by atoms with E-state index < -0.39 is 23.7 Å². The quantitative estimate of drug-likeness (QED) is 0.784. The van der Waals surface area contributed by atoms with E-state index in [2.05, 4.69) is 10.3 Å². The largest absolute Gasteiger partial charge is 0.480 e. The van der Waals surface area contributed by atoms with Crippen molar-refractivity contribution >= 4 is 35.2 Å². The number of halogens is 2. The van der Waals surface area contributed by atoms with E-state index >= 15 is 0 Å². The van der Waals surface area contributed by atoms with Gasteiger partial charge in [-0.2, -0.15) is 11.8 Å². The zero-order valence-corrected chi connectivity index (χ0v) is 11.6. The molecule has 0 aliphatic carbocycles. The predicted molar refractivity (Wildman–Crippen MR) is 71.1 cm³/mol. The molecule has 0 spiro atoms. The van der Waals surface area contributed by atoms with Crippen LogP contribution in [0.4, 0.5) is 4.39 Å². The lowest BCUT2D eigenvalue weighted by atomic mass is 10.2. The van der Waals surface area contributed by atoms with Gasteiger partial charge in [-0.25, -0.2) is 14.2 Å². The van der Waals surface area contributed by atoms with Gasteiger partial charge in [0.25, 0.3) is 5.91 Å². The average molecular weight is 307 g/mol. The summed E-state index contributed by atoms with van der Waals surface area (Å²) in [6.07, 6.45) is 2.97. The molecule has 0 radical (unpaired) electrons. The second-order valence-corrected chi connectivity index (χ2v) is 4.98. The first-order valence-electron chi connectivity index (χ1n) is 5.29. The first-order valence-corrected chi connectivity index (χ1v) is 7.06. The SMILES string of the molecule is CSCC[C@H](NC(=O)c1cc(F)cnc1Cl)C(=O)O. The van der Waals surface area contributed by atoms with Gasteiger partial charge >= 0.3 is 5.97 Å². The van der Waals surface area contributed by atoms with Gasteiger partial charge in [-0.15, -0.1) is 0 Å². The maximum absolute atomic E-state index is 13.0. The smallest absolute Gasteiger partial charge is 0.326 e. The fourth-order valence-corrected chi connectivity index (χ4v) is 1.97. The standard InChI is InChI=1S/C11H12ClFN2O3S/c1-19-3-2-8(11(17)18)15-10(16)7-4-6(13)5-14-9(7)12/h4-5,8H,2-3H2,1H3,(H,15,16)(H,17,18)/t8-/m0/s1. The molecule has 1 heterocycles. The van der Waals surface area contributed by atoms with Crippen molar-refractivity contribution in [3.63, 3.8) is 0 Å². The zero-order chi connectivity index (χ0) is 14.4. The number of aliphatic carboxylic acids is 1. The van der Waals surface area contributed by atoms with E-state index in [9.17, 15) is 14.0 Å². The number of carboxylic acid groups (broad SMARTS) is 1. The molecule has 1 atom stereocenters. The Kier molecular flexibility index (Phi) is 6.04. The minimum Gasteiger partial charge on any atom is -0.480 e. The number of carboxylic acids is 1. The summed E-state index contributed by atoms with van der Waals surface area (Å²) in [6, 6.07) is -0.128. The van der Waals surface area contributed by atoms with E-state index in [0.717, 1.165) is 12.3 Å². The van der Waals surface area contributed by atoms with Crippen molar-refractivity contribution in [2.24, 2.45) is 0 Å². The maximum Gasteiger partial charge on any atom is 0.326 e. The molecular weight excluding hydrogens is 295 g/mol. The van der Waals surface area contributed by atoms with Crippen molar-refractivity contribution in [1.82, 2.24) is 10.3 Å². The summed E-state index contributed by atoms with van der Waals surface area (Å²) < 4.78 is 13.0. The Hall–Kier alpha value is -1.34. The van der Waals surface area contributed by atoms with Crippen LogP contribution >= 0.6 is 23.4 Å². The van der Waals surface area contributed by atoms with Crippen LogP contribution in [0.3, 0.4) is 0 Å². The Morgan fingerprint density at radius 3 is 2.89 bits per heavy atom. The number of carbonyl (C=O) groups excluding carboxylic acids is 1. The maximum atomic E-state index is 13.0. The number of pyridine rings is 1. The highest BCUT2D eigenvalue weighted by Crippen LogP contribution is 2.14. The molecule has 0 fully saturated rings. The van der Waals surface area contributed by atoms with Gasteiger partial charge in [0.2, 0.25) is 0 Å². The lowest BCUT2D eigenvalue weighted by Crippen LogP contribution is -2.41. The van der Waals surface area contributed by atoms with Crippen LogP contribution in [0.15, 0.2) is 12.3 Å². The molecule has 0 bridgehead atoms. The van der Waals surface area contributed by atoms with Gasteiger partial charge in [0.15, 0.2) is 0 Å². The molecule has 5 nitrogen and oxygen atoms in total. The number of aromatic nitrogens is 1. The fourth-order valence-electron chi connectivity index (χ4n) is 1.31. The summed E-state index contributed by atoms with van der Waals surface area (Å²) in [7, 11) is 0. The van der Waals surface area contributed by atoms with E-state index in [1.54, 1.807) is 0 Å². The minimum absolute atomic E-state index is 0.173. The number of hydrogen-bond donors (Lipinski definition) is 2. The third-order valence-corrected chi connectivity index (χ3v) is 3.21. The third-order valence-electron chi connectivity index (χ3n) is 2.26. The van der Waals surface area contributed by atoms with E-state index in [1.165, 1.54) is 11.8 Å². The summed E-state index contributed by atoms with van der Waals surface area (Å²) in [5, 5.41) is 11.1. The van der Waals surface area contributed by atoms with Gasteiger partial charge in [-0.3, -0.25) is 4.79 Å². The highest BCUT2D eigenvalue weighted by Gasteiger charge is 2.22. The van der Waals surface area contributed by atoms with Crippen LogP contribution in [0, 0.1) is 5.82 Å². The van der Waals surface area contributed by atoms with Gasteiger partial charge in [-0.05, 0) is 24.5 Å². The fraction of sp³-hybridized carbons (Fsp3) is 0.364. The number of nitrogens with zero attached hydrogens (tertiary/aromatic N) is 1. The van der Waals surface area contributed by atoms with E-state index in [-0.39, 0.29) is 17.1 Å². The number of carbonyl (C=O) groups is 2. The molecule has 2 N–H and O–H groups in total. The molecule has 1 aromatic rings. The topological polar surface area (TPSA) is 79.3 Å². The highest BCUT2D eigenvalue weighted by atomic mass is 35.5. The van der Waals surface area contributed by atoms with Crippen LogP contribution in [0.1, 0.15) is 16.8 Å². The summed E-state index contributed by atoms with van der Waals surface area (Å²) >= 11 is 7.13. The Morgan fingerprint density at radius 1 is 1.63 bits per heavy atom. The monoisotopic (exact) mass is 306 g/mol. The van der Waals surface area contributed by atoms with E-state index in [0.29, 0.717) is 5.75 Å². The Morgan fingerprint density at radius 2 is 2.32 bits per heavy atom.